The van der Waals surface area contributed by atoms with E-state index in [0.717, 1.165) is 58.4 Å². The Balaban J connectivity index is 1.96. The molecule has 1 saturated heterocycles. The first kappa shape index (κ1) is 16.9. The predicted molar refractivity (Wildman–Crippen MR) is 81.7 cm³/mol. The van der Waals surface area contributed by atoms with Crippen molar-refractivity contribution in [2.75, 3.05) is 66.1 Å². The van der Waals surface area contributed by atoms with Gasteiger partial charge in [-0.25, -0.2) is 0 Å². The molecule has 0 aromatic heterocycles. The third-order valence-corrected chi connectivity index (χ3v) is 3.99. The highest BCUT2D eigenvalue weighted by Crippen LogP contribution is 2.13. The fraction of sp³-hybridized carbons (Fsp3) is 1.00. The third kappa shape index (κ3) is 7.88. The van der Waals surface area contributed by atoms with E-state index in [9.17, 15) is 0 Å². The minimum atomic E-state index is 0.745. The van der Waals surface area contributed by atoms with Gasteiger partial charge in [-0.15, -0.1) is 0 Å². The van der Waals surface area contributed by atoms with Crippen molar-refractivity contribution in [2.24, 2.45) is 5.92 Å². The Hall–Kier alpha value is -0.160. The minimum absolute atomic E-state index is 0.745. The summed E-state index contributed by atoms with van der Waals surface area (Å²) in [6.45, 7) is 14.3. The second kappa shape index (κ2) is 10.6. The first-order valence-corrected chi connectivity index (χ1v) is 7.95. The SMILES string of the molecule is CCN(CC)CCNCCN(C)CC1CCCOC1. The normalized spacial score (nSPS) is 20.4. The second-order valence-corrected chi connectivity index (χ2v) is 5.62. The number of ether oxygens (including phenoxy) is 1. The maximum absolute atomic E-state index is 5.53. The standard InChI is InChI=1S/C15H33N3O/c1-4-18(5-2)11-9-16-8-10-17(3)13-15-7-6-12-19-14-15/h15-16H,4-14H2,1-3H3. The van der Waals surface area contributed by atoms with Crippen LogP contribution in [0.3, 0.4) is 0 Å². The molecule has 0 radical (unpaired) electrons. The van der Waals surface area contributed by atoms with Gasteiger partial charge < -0.3 is 19.9 Å². The van der Waals surface area contributed by atoms with Crippen LogP contribution in [0.4, 0.5) is 0 Å². The highest BCUT2D eigenvalue weighted by atomic mass is 16.5. The van der Waals surface area contributed by atoms with Crippen molar-refractivity contribution in [1.82, 2.24) is 15.1 Å². The minimum Gasteiger partial charge on any atom is -0.381 e. The second-order valence-electron chi connectivity index (χ2n) is 5.62. The van der Waals surface area contributed by atoms with Crippen LogP contribution in [0.2, 0.25) is 0 Å². The molecular weight excluding hydrogens is 238 g/mol. The van der Waals surface area contributed by atoms with Crippen LogP contribution in [0.15, 0.2) is 0 Å². The summed E-state index contributed by atoms with van der Waals surface area (Å²) >= 11 is 0. The highest BCUT2D eigenvalue weighted by Gasteiger charge is 2.15. The number of rotatable bonds is 10. The molecule has 0 aromatic carbocycles. The van der Waals surface area contributed by atoms with Gasteiger partial charge in [0.25, 0.3) is 0 Å². The van der Waals surface area contributed by atoms with Crippen molar-refractivity contribution in [2.45, 2.75) is 26.7 Å². The highest BCUT2D eigenvalue weighted by molar-refractivity contribution is 4.67. The summed E-state index contributed by atoms with van der Waals surface area (Å²) in [6, 6.07) is 0. The van der Waals surface area contributed by atoms with E-state index < -0.39 is 0 Å². The van der Waals surface area contributed by atoms with Crippen LogP contribution < -0.4 is 5.32 Å². The van der Waals surface area contributed by atoms with Gasteiger partial charge in [0.2, 0.25) is 0 Å². The fourth-order valence-corrected chi connectivity index (χ4v) is 2.66. The number of hydrogen-bond donors (Lipinski definition) is 1. The van der Waals surface area contributed by atoms with E-state index in [1.54, 1.807) is 0 Å². The van der Waals surface area contributed by atoms with Crippen molar-refractivity contribution in [3.05, 3.63) is 0 Å². The Bertz CT molecular complexity index is 204. The van der Waals surface area contributed by atoms with Gasteiger partial charge in [-0.1, -0.05) is 13.8 Å². The largest absolute Gasteiger partial charge is 0.381 e. The summed E-state index contributed by atoms with van der Waals surface area (Å²) in [5.74, 6) is 0.745. The Morgan fingerprint density at radius 2 is 1.89 bits per heavy atom. The lowest BCUT2D eigenvalue weighted by Crippen LogP contribution is -2.37. The summed E-state index contributed by atoms with van der Waals surface area (Å²) < 4.78 is 5.53. The Labute approximate surface area is 119 Å². The molecule has 1 unspecified atom stereocenters. The molecule has 1 fully saturated rings. The molecule has 0 aliphatic carbocycles. The quantitative estimate of drug-likeness (QED) is 0.606. The van der Waals surface area contributed by atoms with Crippen molar-refractivity contribution in [3.63, 3.8) is 0 Å². The smallest absolute Gasteiger partial charge is 0.0506 e. The molecule has 4 nitrogen and oxygen atoms in total. The molecule has 1 atom stereocenters. The van der Waals surface area contributed by atoms with E-state index in [0.29, 0.717) is 0 Å². The molecule has 0 saturated carbocycles. The van der Waals surface area contributed by atoms with Gasteiger partial charge >= 0.3 is 0 Å². The van der Waals surface area contributed by atoms with Crippen LogP contribution in [-0.4, -0.2) is 75.9 Å². The molecule has 19 heavy (non-hydrogen) atoms. The van der Waals surface area contributed by atoms with Gasteiger partial charge in [-0.3, -0.25) is 0 Å². The average Bonchev–Trinajstić information content (AvgIpc) is 2.44. The van der Waals surface area contributed by atoms with Gasteiger partial charge in [-0.05, 0) is 38.9 Å². The van der Waals surface area contributed by atoms with E-state index in [2.05, 4.69) is 36.0 Å². The molecule has 0 aromatic rings. The van der Waals surface area contributed by atoms with Gasteiger partial charge in [0, 0.05) is 39.3 Å². The molecule has 1 rings (SSSR count). The summed E-state index contributed by atoms with van der Waals surface area (Å²) in [7, 11) is 2.22. The maximum atomic E-state index is 5.53. The van der Waals surface area contributed by atoms with Gasteiger partial charge in [0.15, 0.2) is 0 Å². The lowest BCUT2D eigenvalue weighted by atomic mass is 10.0. The number of likely N-dealkylation sites (N-methyl/N-ethyl adjacent to an activating group) is 2. The van der Waals surface area contributed by atoms with Crippen molar-refractivity contribution < 1.29 is 4.74 Å². The van der Waals surface area contributed by atoms with E-state index in [4.69, 9.17) is 4.74 Å². The Morgan fingerprint density at radius 1 is 1.16 bits per heavy atom. The van der Waals surface area contributed by atoms with Crippen LogP contribution >= 0.6 is 0 Å². The monoisotopic (exact) mass is 271 g/mol. The van der Waals surface area contributed by atoms with Gasteiger partial charge in [-0.2, -0.15) is 0 Å². The first-order valence-electron chi connectivity index (χ1n) is 7.95. The summed E-state index contributed by atoms with van der Waals surface area (Å²) in [6.07, 6.45) is 2.57. The number of hydrogen-bond acceptors (Lipinski definition) is 4. The lowest BCUT2D eigenvalue weighted by molar-refractivity contribution is 0.0422. The molecule has 0 amide bonds. The molecule has 0 bridgehead atoms. The number of nitrogens with one attached hydrogen (secondary N) is 1. The van der Waals surface area contributed by atoms with Crippen molar-refractivity contribution in [3.8, 4) is 0 Å². The van der Waals surface area contributed by atoms with Crippen LogP contribution in [0.5, 0.6) is 0 Å². The van der Waals surface area contributed by atoms with E-state index in [-0.39, 0.29) is 0 Å². The van der Waals surface area contributed by atoms with Crippen LogP contribution in [-0.2, 0) is 4.74 Å². The Kier molecular flexibility index (Phi) is 9.43. The molecule has 0 spiro atoms. The van der Waals surface area contributed by atoms with Crippen molar-refractivity contribution >= 4 is 0 Å². The van der Waals surface area contributed by atoms with Crippen LogP contribution in [0.25, 0.3) is 0 Å². The topological polar surface area (TPSA) is 27.7 Å². The van der Waals surface area contributed by atoms with Crippen molar-refractivity contribution in [1.29, 1.82) is 0 Å². The molecule has 1 N–H and O–H groups in total. The molecule has 1 aliphatic heterocycles. The molecular formula is C15H33N3O. The average molecular weight is 271 g/mol. The summed E-state index contributed by atoms with van der Waals surface area (Å²) in [4.78, 5) is 4.89. The van der Waals surface area contributed by atoms with E-state index in [1.165, 1.54) is 19.4 Å². The molecule has 1 heterocycles. The fourth-order valence-electron chi connectivity index (χ4n) is 2.66. The zero-order chi connectivity index (χ0) is 13.9. The van der Waals surface area contributed by atoms with E-state index in [1.807, 2.05) is 0 Å². The molecule has 4 heteroatoms. The maximum Gasteiger partial charge on any atom is 0.0506 e. The van der Waals surface area contributed by atoms with Crippen LogP contribution in [0.1, 0.15) is 26.7 Å². The van der Waals surface area contributed by atoms with Crippen LogP contribution in [0, 0.1) is 5.92 Å². The van der Waals surface area contributed by atoms with Gasteiger partial charge in [0.1, 0.15) is 0 Å². The predicted octanol–water partition coefficient (Wildman–Crippen LogP) is 1.28. The third-order valence-electron chi connectivity index (χ3n) is 3.99. The zero-order valence-corrected chi connectivity index (χ0v) is 13.2. The summed E-state index contributed by atoms with van der Waals surface area (Å²) in [5.41, 5.74) is 0. The Morgan fingerprint density at radius 3 is 2.53 bits per heavy atom. The molecule has 114 valence electrons. The van der Waals surface area contributed by atoms with E-state index >= 15 is 0 Å². The first-order chi connectivity index (χ1) is 9.26. The summed E-state index contributed by atoms with van der Waals surface area (Å²) in [5, 5.41) is 3.54. The molecule has 1 aliphatic rings. The zero-order valence-electron chi connectivity index (χ0n) is 13.2. The van der Waals surface area contributed by atoms with Gasteiger partial charge in [0.05, 0.1) is 6.61 Å². The number of nitrogens with zero attached hydrogens (tertiary/aromatic N) is 2. The lowest BCUT2D eigenvalue weighted by Gasteiger charge is -2.27.